The Morgan fingerprint density at radius 3 is 2.89 bits per heavy atom. The van der Waals surface area contributed by atoms with Crippen LogP contribution in [-0.2, 0) is 6.42 Å². The van der Waals surface area contributed by atoms with E-state index < -0.39 is 0 Å². The molecule has 1 N–H and O–H groups in total. The molecule has 0 radical (unpaired) electrons. The fraction of sp³-hybridized carbons (Fsp3) is 0.308. The van der Waals surface area contributed by atoms with Gasteiger partial charge in [-0.2, -0.15) is 0 Å². The van der Waals surface area contributed by atoms with Crippen LogP contribution in [0.3, 0.4) is 0 Å². The maximum absolute atomic E-state index is 6.20. The van der Waals surface area contributed by atoms with Crippen molar-refractivity contribution in [2.45, 2.75) is 19.4 Å². The molecule has 1 unspecified atom stereocenters. The number of thiazole rings is 1. The Morgan fingerprint density at radius 1 is 1.39 bits per heavy atom. The van der Waals surface area contributed by atoms with Gasteiger partial charge in [-0.1, -0.05) is 30.1 Å². The molecule has 1 heterocycles. The highest BCUT2D eigenvalue weighted by Crippen LogP contribution is 2.27. The zero-order valence-corrected chi connectivity index (χ0v) is 12.3. The Kier molecular flexibility index (Phi) is 5.01. The van der Waals surface area contributed by atoms with E-state index in [0.29, 0.717) is 5.02 Å². The van der Waals surface area contributed by atoms with Gasteiger partial charge in [0.1, 0.15) is 0 Å². The summed E-state index contributed by atoms with van der Waals surface area (Å²) in [5, 5.41) is 4.92. The summed E-state index contributed by atoms with van der Waals surface area (Å²) in [5.74, 6) is 0. The summed E-state index contributed by atoms with van der Waals surface area (Å²) in [6, 6.07) is 5.81. The predicted octanol–water partition coefficient (Wildman–Crippen LogP) is 4.34. The minimum Gasteiger partial charge on any atom is -0.309 e. The summed E-state index contributed by atoms with van der Waals surface area (Å²) < 4.78 is 0. The van der Waals surface area contributed by atoms with Crippen molar-refractivity contribution in [3.63, 3.8) is 0 Å². The maximum atomic E-state index is 6.20. The van der Waals surface area contributed by atoms with Crippen molar-refractivity contribution < 1.29 is 0 Å². The van der Waals surface area contributed by atoms with E-state index in [1.54, 1.807) is 11.3 Å². The summed E-state index contributed by atoms with van der Waals surface area (Å²) in [7, 11) is 0. The quantitative estimate of drug-likeness (QED) is 0.888. The molecule has 0 aliphatic carbocycles. The molecule has 0 saturated heterocycles. The molecule has 1 aromatic heterocycles. The number of rotatable bonds is 5. The van der Waals surface area contributed by atoms with Crippen LogP contribution in [0.2, 0.25) is 10.0 Å². The number of hydrogen-bond donors (Lipinski definition) is 1. The molecule has 2 rings (SSSR count). The lowest BCUT2D eigenvalue weighted by Gasteiger charge is -2.17. The number of nitrogens with zero attached hydrogens (tertiary/aromatic N) is 1. The second-order valence-electron chi connectivity index (χ2n) is 3.95. The van der Waals surface area contributed by atoms with Gasteiger partial charge in [0.15, 0.2) is 0 Å². The van der Waals surface area contributed by atoms with E-state index in [1.165, 1.54) is 4.88 Å². The molecule has 96 valence electrons. The lowest BCUT2D eigenvalue weighted by Crippen LogP contribution is -2.22. The van der Waals surface area contributed by atoms with E-state index in [1.807, 2.05) is 29.9 Å². The first-order valence-electron chi connectivity index (χ1n) is 5.76. The first kappa shape index (κ1) is 13.8. The minimum atomic E-state index is 0.235. The van der Waals surface area contributed by atoms with Crippen molar-refractivity contribution in [2.75, 3.05) is 6.54 Å². The van der Waals surface area contributed by atoms with Crippen molar-refractivity contribution in [3.05, 3.63) is 50.4 Å². The first-order valence-corrected chi connectivity index (χ1v) is 7.40. The van der Waals surface area contributed by atoms with Gasteiger partial charge < -0.3 is 5.32 Å². The molecule has 0 saturated carbocycles. The van der Waals surface area contributed by atoms with Crippen LogP contribution < -0.4 is 5.32 Å². The lowest BCUT2D eigenvalue weighted by molar-refractivity contribution is 0.557. The Hall–Kier alpha value is -0.610. The van der Waals surface area contributed by atoms with Gasteiger partial charge >= 0.3 is 0 Å². The fourth-order valence-corrected chi connectivity index (χ4v) is 2.92. The van der Waals surface area contributed by atoms with E-state index in [9.17, 15) is 0 Å². The van der Waals surface area contributed by atoms with Crippen molar-refractivity contribution in [3.8, 4) is 0 Å². The van der Waals surface area contributed by atoms with Crippen LogP contribution in [0.4, 0.5) is 0 Å². The molecule has 0 bridgehead atoms. The zero-order chi connectivity index (χ0) is 13.0. The third-order valence-electron chi connectivity index (χ3n) is 2.68. The SMILES string of the molecule is CCNC(Cc1cc(Cl)ccc1Cl)c1cncs1. The third kappa shape index (κ3) is 3.45. The van der Waals surface area contributed by atoms with Crippen LogP contribution in [0.15, 0.2) is 29.9 Å². The van der Waals surface area contributed by atoms with Gasteiger partial charge in [-0.15, -0.1) is 11.3 Å². The van der Waals surface area contributed by atoms with E-state index in [2.05, 4.69) is 17.2 Å². The highest BCUT2D eigenvalue weighted by atomic mass is 35.5. The number of aromatic nitrogens is 1. The number of halogens is 2. The topological polar surface area (TPSA) is 24.9 Å². The maximum Gasteiger partial charge on any atom is 0.0794 e. The van der Waals surface area contributed by atoms with Gasteiger partial charge in [0.2, 0.25) is 0 Å². The lowest BCUT2D eigenvalue weighted by atomic mass is 10.0. The average molecular weight is 301 g/mol. The third-order valence-corrected chi connectivity index (χ3v) is 4.17. The molecule has 18 heavy (non-hydrogen) atoms. The van der Waals surface area contributed by atoms with Gasteiger partial charge in [-0.25, -0.2) is 0 Å². The molecule has 1 atom stereocenters. The molecule has 0 fully saturated rings. The number of hydrogen-bond acceptors (Lipinski definition) is 3. The molecule has 2 nitrogen and oxygen atoms in total. The van der Waals surface area contributed by atoms with Gasteiger partial charge in [0.05, 0.1) is 5.51 Å². The van der Waals surface area contributed by atoms with Crippen LogP contribution in [0.25, 0.3) is 0 Å². The molecule has 0 amide bonds. The highest BCUT2D eigenvalue weighted by molar-refractivity contribution is 7.09. The highest BCUT2D eigenvalue weighted by Gasteiger charge is 2.14. The Balaban J connectivity index is 2.21. The second kappa shape index (κ2) is 6.53. The molecule has 2 aromatic rings. The van der Waals surface area contributed by atoms with Crippen LogP contribution >= 0.6 is 34.5 Å². The standard InChI is InChI=1S/C13H14Cl2N2S/c1-2-17-12(13-7-16-8-18-13)6-9-5-10(14)3-4-11(9)15/h3-5,7-8,12,17H,2,6H2,1H3. The van der Waals surface area contributed by atoms with Gasteiger partial charge in [-0.05, 0) is 36.7 Å². The van der Waals surface area contributed by atoms with E-state index in [-0.39, 0.29) is 6.04 Å². The molecule has 0 aliphatic rings. The van der Waals surface area contributed by atoms with E-state index in [0.717, 1.165) is 23.6 Å². The number of nitrogens with one attached hydrogen (secondary N) is 1. The molecule has 5 heteroatoms. The monoisotopic (exact) mass is 300 g/mol. The fourth-order valence-electron chi connectivity index (χ4n) is 1.84. The van der Waals surface area contributed by atoms with Gasteiger partial charge in [0, 0.05) is 27.2 Å². The Labute approximate surface area is 121 Å². The van der Waals surface area contributed by atoms with Crippen LogP contribution in [-0.4, -0.2) is 11.5 Å². The number of likely N-dealkylation sites (N-methyl/N-ethyl adjacent to an activating group) is 1. The first-order chi connectivity index (χ1) is 8.70. The molecule has 1 aromatic carbocycles. The van der Waals surface area contributed by atoms with Crippen LogP contribution in [0.5, 0.6) is 0 Å². The zero-order valence-electron chi connectivity index (χ0n) is 9.99. The van der Waals surface area contributed by atoms with Crippen molar-refractivity contribution in [2.24, 2.45) is 0 Å². The Morgan fingerprint density at radius 2 is 2.22 bits per heavy atom. The number of benzene rings is 1. The van der Waals surface area contributed by atoms with Crippen LogP contribution in [0.1, 0.15) is 23.4 Å². The second-order valence-corrected chi connectivity index (χ2v) is 5.72. The molecule has 0 aliphatic heterocycles. The minimum absolute atomic E-state index is 0.235. The van der Waals surface area contributed by atoms with E-state index >= 15 is 0 Å². The summed E-state index contributed by atoms with van der Waals surface area (Å²) in [4.78, 5) is 5.34. The summed E-state index contributed by atoms with van der Waals surface area (Å²) in [6.07, 6.45) is 2.71. The normalized spacial score (nSPS) is 12.6. The molecular weight excluding hydrogens is 287 g/mol. The van der Waals surface area contributed by atoms with E-state index in [4.69, 9.17) is 23.2 Å². The van der Waals surface area contributed by atoms with Gasteiger partial charge in [0.25, 0.3) is 0 Å². The average Bonchev–Trinajstić information content (AvgIpc) is 2.87. The molecule has 0 spiro atoms. The van der Waals surface area contributed by atoms with Crippen LogP contribution in [0, 0.1) is 0 Å². The summed E-state index contributed by atoms with van der Waals surface area (Å²) in [6.45, 7) is 2.99. The van der Waals surface area contributed by atoms with Crippen molar-refractivity contribution in [1.82, 2.24) is 10.3 Å². The summed E-state index contributed by atoms with van der Waals surface area (Å²) >= 11 is 13.9. The van der Waals surface area contributed by atoms with Gasteiger partial charge in [-0.3, -0.25) is 4.98 Å². The summed E-state index contributed by atoms with van der Waals surface area (Å²) in [5.41, 5.74) is 2.91. The largest absolute Gasteiger partial charge is 0.309 e. The smallest absolute Gasteiger partial charge is 0.0794 e. The molecular formula is C13H14Cl2N2S. The van der Waals surface area contributed by atoms with Crippen molar-refractivity contribution in [1.29, 1.82) is 0 Å². The predicted molar refractivity (Wildman–Crippen MR) is 78.7 cm³/mol. The Bertz CT molecular complexity index is 500. The van der Waals surface area contributed by atoms with Crippen molar-refractivity contribution >= 4 is 34.5 Å².